The summed E-state index contributed by atoms with van der Waals surface area (Å²) in [4.78, 5) is 24.2. The Labute approximate surface area is 185 Å². The summed E-state index contributed by atoms with van der Waals surface area (Å²) in [6, 6.07) is 8.09. The van der Waals surface area contributed by atoms with E-state index >= 15 is 0 Å². The van der Waals surface area contributed by atoms with Crippen LogP contribution in [0.1, 0.15) is 74.2 Å². The minimum atomic E-state index is -0.804. The molecule has 4 rings (SSSR count). The van der Waals surface area contributed by atoms with Crippen molar-refractivity contribution in [3.8, 4) is 0 Å². The van der Waals surface area contributed by atoms with E-state index in [1.807, 2.05) is 36.9 Å². The topological polar surface area (TPSA) is 78.4 Å². The smallest absolute Gasteiger partial charge is 0.225 e. The van der Waals surface area contributed by atoms with Crippen molar-refractivity contribution in [2.75, 3.05) is 18.4 Å². The third-order valence-corrected chi connectivity index (χ3v) is 6.70. The number of aryl methyl sites for hydroxylation is 2. The Hall–Kier alpha value is -2.47. The molecule has 2 N–H and O–H groups in total. The predicted octanol–water partition coefficient (Wildman–Crippen LogP) is 4.63. The van der Waals surface area contributed by atoms with Gasteiger partial charge >= 0.3 is 0 Å². The molecule has 1 saturated heterocycles. The van der Waals surface area contributed by atoms with Crippen LogP contribution in [0.4, 0.5) is 11.5 Å². The van der Waals surface area contributed by atoms with Gasteiger partial charge in [-0.05, 0) is 63.3 Å². The van der Waals surface area contributed by atoms with Crippen LogP contribution in [-0.4, -0.2) is 44.6 Å². The Kier molecular flexibility index (Phi) is 6.56. The average Bonchev–Trinajstić information content (AvgIpc) is 2.75. The van der Waals surface area contributed by atoms with Gasteiger partial charge in [0.05, 0.1) is 12.0 Å². The molecular weight excluding hydrogens is 388 g/mol. The van der Waals surface area contributed by atoms with Crippen LogP contribution in [0.15, 0.2) is 30.5 Å². The van der Waals surface area contributed by atoms with Crippen molar-refractivity contribution in [2.45, 2.75) is 76.7 Å². The van der Waals surface area contributed by atoms with Gasteiger partial charge in [-0.1, -0.05) is 25.3 Å². The van der Waals surface area contributed by atoms with E-state index in [-0.39, 0.29) is 18.2 Å². The number of aromatic nitrogens is 2. The van der Waals surface area contributed by atoms with E-state index in [0.717, 1.165) is 79.9 Å². The highest BCUT2D eigenvalue weighted by Gasteiger charge is 2.35. The number of rotatable bonds is 5. The van der Waals surface area contributed by atoms with Crippen molar-refractivity contribution >= 4 is 17.4 Å². The number of piperidine rings is 1. The summed E-state index contributed by atoms with van der Waals surface area (Å²) < 4.78 is 0. The van der Waals surface area contributed by atoms with Crippen LogP contribution in [0.3, 0.4) is 0 Å². The van der Waals surface area contributed by atoms with Gasteiger partial charge < -0.3 is 15.3 Å². The molecule has 0 bridgehead atoms. The second kappa shape index (κ2) is 9.35. The molecule has 2 aliphatic rings. The van der Waals surface area contributed by atoms with E-state index in [4.69, 9.17) is 4.98 Å². The maximum absolute atomic E-state index is 13.0. The molecule has 1 aliphatic heterocycles. The highest BCUT2D eigenvalue weighted by atomic mass is 16.3. The number of amides is 1. The Morgan fingerprint density at radius 1 is 1.23 bits per heavy atom. The number of hydrogen-bond acceptors (Lipinski definition) is 5. The fourth-order valence-electron chi connectivity index (χ4n) is 4.95. The molecule has 1 saturated carbocycles. The molecule has 2 fully saturated rings. The molecule has 31 heavy (non-hydrogen) atoms. The van der Waals surface area contributed by atoms with Gasteiger partial charge in [-0.15, -0.1) is 0 Å². The molecule has 2 aromatic rings. The number of aliphatic hydroxyl groups is 1. The molecule has 1 amide bonds. The first-order valence-corrected chi connectivity index (χ1v) is 11.6. The highest BCUT2D eigenvalue weighted by molar-refractivity contribution is 5.77. The number of nitrogens with zero attached hydrogens (tertiary/aromatic N) is 3. The predicted molar refractivity (Wildman–Crippen MR) is 122 cm³/mol. The normalized spacial score (nSPS) is 21.0. The van der Waals surface area contributed by atoms with Crippen molar-refractivity contribution in [2.24, 2.45) is 0 Å². The van der Waals surface area contributed by atoms with Crippen molar-refractivity contribution in [1.82, 2.24) is 14.9 Å². The monoisotopic (exact) mass is 422 g/mol. The first-order valence-electron chi connectivity index (χ1n) is 11.6. The molecule has 0 spiro atoms. The van der Waals surface area contributed by atoms with E-state index < -0.39 is 5.60 Å². The van der Waals surface area contributed by atoms with Crippen LogP contribution in [0.5, 0.6) is 0 Å². The van der Waals surface area contributed by atoms with Gasteiger partial charge in [0, 0.05) is 42.3 Å². The van der Waals surface area contributed by atoms with Crippen LogP contribution < -0.4 is 5.32 Å². The molecule has 3 heterocycles. The summed E-state index contributed by atoms with van der Waals surface area (Å²) >= 11 is 0. The van der Waals surface area contributed by atoms with Crippen molar-refractivity contribution in [1.29, 1.82) is 0 Å². The fraction of sp³-hybridized carbons (Fsp3) is 0.560. The number of carbonyl (C=O) groups excluding carboxylic acids is 1. The van der Waals surface area contributed by atoms with Gasteiger partial charge in [0.25, 0.3) is 0 Å². The number of carbonyl (C=O) groups is 1. The number of hydrogen-bond donors (Lipinski definition) is 2. The first-order chi connectivity index (χ1) is 14.9. The quantitative estimate of drug-likeness (QED) is 0.735. The third-order valence-electron chi connectivity index (χ3n) is 6.70. The average molecular weight is 423 g/mol. The zero-order valence-electron chi connectivity index (χ0n) is 18.7. The molecule has 166 valence electrons. The van der Waals surface area contributed by atoms with Crippen molar-refractivity contribution in [3.63, 3.8) is 0 Å². The minimum absolute atomic E-state index is 0.0872. The van der Waals surface area contributed by atoms with Crippen LogP contribution in [-0.2, 0) is 4.79 Å². The lowest BCUT2D eigenvalue weighted by Crippen LogP contribution is -2.44. The molecule has 1 atom stereocenters. The maximum Gasteiger partial charge on any atom is 0.225 e. The number of anilines is 2. The van der Waals surface area contributed by atoms with Gasteiger partial charge in [-0.3, -0.25) is 9.78 Å². The molecule has 0 radical (unpaired) electrons. The molecular formula is C25H34N4O2. The van der Waals surface area contributed by atoms with Crippen molar-refractivity contribution < 1.29 is 9.90 Å². The SMILES string of the molecule is Cc1cc(Nc2ncccc2C)cc(C2CCCN(C(=O)CC3(O)CCCCC3)C2)n1. The Bertz CT molecular complexity index is 923. The lowest BCUT2D eigenvalue weighted by Gasteiger charge is -2.37. The van der Waals surface area contributed by atoms with Gasteiger partial charge in [0.15, 0.2) is 0 Å². The number of pyridine rings is 2. The summed E-state index contributed by atoms with van der Waals surface area (Å²) in [5.41, 5.74) is 3.23. The second-order valence-corrected chi connectivity index (χ2v) is 9.36. The molecule has 6 heteroatoms. The Balaban J connectivity index is 1.46. The Morgan fingerprint density at radius 2 is 2.03 bits per heavy atom. The van der Waals surface area contributed by atoms with E-state index in [9.17, 15) is 9.90 Å². The lowest BCUT2D eigenvalue weighted by molar-refractivity contribution is -0.139. The fourth-order valence-corrected chi connectivity index (χ4v) is 4.95. The summed E-state index contributed by atoms with van der Waals surface area (Å²) in [5.74, 6) is 1.15. The molecule has 1 unspecified atom stereocenters. The molecule has 0 aromatic carbocycles. The van der Waals surface area contributed by atoms with Crippen LogP contribution in [0.2, 0.25) is 0 Å². The number of likely N-dealkylation sites (tertiary alicyclic amines) is 1. The van der Waals surface area contributed by atoms with Crippen LogP contribution >= 0.6 is 0 Å². The number of nitrogens with one attached hydrogen (secondary N) is 1. The summed E-state index contributed by atoms with van der Waals surface area (Å²) in [5, 5.41) is 14.2. The van der Waals surface area contributed by atoms with E-state index in [0.29, 0.717) is 6.54 Å². The largest absolute Gasteiger partial charge is 0.389 e. The zero-order chi connectivity index (χ0) is 21.8. The summed E-state index contributed by atoms with van der Waals surface area (Å²) in [6.45, 7) is 5.49. The highest BCUT2D eigenvalue weighted by Crippen LogP contribution is 2.33. The van der Waals surface area contributed by atoms with Crippen molar-refractivity contribution in [3.05, 3.63) is 47.4 Å². The van der Waals surface area contributed by atoms with Gasteiger partial charge in [0.2, 0.25) is 5.91 Å². The van der Waals surface area contributed by atoms with Gasteiger partial charge in [-0.2, -0.15) is 0 Å². The van der Waals surface area contributed by atoms with E-state index in [1.165, 1.54) is 0 Å². The third kappa shape index (κ3) is 5.42. The standard InChI is InChI=1S/C25H34N4O2/c1-18-8-6-12-26-24(18)28-21-14-19(2)27-22(15-21)20-9-7-13-29(17-20)23(30)16-25(31)10-4-3-5-11-25/h6,8,12,14-15,20,31H,3-5,7,9-11,13,16-17H2,1-2H3,(H,26,27,28). The van der Waals surface area contributed by atoms with Crippen LogP contribution in [0.25, 0.3) is 0 Å². The Morgan fingerprint density at radius 3 is 2.81 bits per heavy atom. The second-order valence-electron chi connectivity index (χ2n) is 9.36. The van der Waals surface area contributed by atoms with E-state index in [1.54, 1.807) is 6.20 Å². The lowest BCUT2D eigenvalue weighted by atomic mass is 9.82. The summed E-state index contributed by atoms with van der Waals surface area (Å²) in [6.07, 6.45) is 8.72. The van der Waals surface area contributed by atoms with Gasteiger partial charge in [0.1, 0.15) is 5.82 Å². The minimum Gasteiger partial charge on any atom is -0.389 e. The molecule has 1 aliphatic carbocycles. The summed E-state index contributed by atoms with van der Waals surface area (Å²) in [7, 11) is 0. The zero-order valence-corrected chi connectivity index (χ0v) is 18.7. The molecule has 2 aromatic heterocycles. The van der Waals surface area contributed by atoms with Crippen LogP contribution in [0, 0.1) is 13.8 Å². The van der Waals surface area contributed by atoms with E-state index in [2.05, 4.69) is 16.4 Å². The first kappa shape index (κ1) is 21.8. The maximum atomic E-state index is 13.0. The van der Waals surface area contributed by atoms with Gasteiger partial charge in [-0.25, -0.2) is 4.98 Å². The molecule has 6 nitrogen and oxygen atoms in total.